The van der Waals surface area contributed by atoms with Crippen molar-refractivity contribution < 1.29 is 23.5 Å². The summed E-state index contributed by atoms with van der Waals surface area (Å²) in [5.41, 5.74) is -0.842. The van der Waals surface area contributed by atoms with Crippen molar-refractivity contribution in [1.82, 2.24) is 5.32 Å². The number of nitrogens with one attached hydrogen (secondary N) is 1. The third kappa shape index (κ3) is 3.26. The molecule has 1 rings (SSSR count). The molecular weight excluding hydrogens is 244 g/mol. The monoisotopic (exact) mass is 257 g/mol. The predicted octanol–water partition coefficient (Wildman–Crippen LogP) is 1.44. The SMILES string of the molecule is CC(C)(CNC(=O)C(=O)O)c1cc(F)ccc1F. The summed E-state index contributed by atoms with van der Waals surface area (Å²) >= 11 is 0. The highest BCUT2D eigenvalue weighted by Gasteiger charge is 2.26. The summed E-state index contributed by atoms with van der Waals surface area (Å²) in [6.45, 7) is 3.04. The third-order valence-corrected chi connectivity index (χ3v) is 2.54. The molecule has 0 aliphatic heterocycles. The standard InChI is InChI=1S/C12H13F2NO3/c1-12(2,6-15-10(16)11(17)18)8-5-7(13)3-4-9(8)14/h3-5H,6H2,1-2H3,(H,15,16)(H,17,18). The van der Waals surface area contributed by atoms with E-state index in [1.54, 1.807) is 13.8 Å². The molecule has 0 saturated carbocycles. The Morgan fingerprint density at radius 3 is 2.50 bits per heavy atom. The molecule has 0 aliphatic carbocycles. The summed E-state index contributed by atoms with van der Waals surface area (Å²) in [5, 5.41) is 10.5. The average molecular weight is 257 g/mol. The molecule has 2 N–H and O–H groups in total. The molecule has 0 aliphatic rings. The van der Waals surface area contributed by atoms with E-state index in [9.17, 15) is 18.4 Å². The topological polar surface area (TPSA) is 66.4 Å². The molecule has 0 radical (unpaired) electrons. The van der Waals surface area contributed by atoms with Gasteiger partial charge in [0.2, 0.25) is 0 Å². The van der Waals surface area contributed by atoms with Crippen LogP contribution in [-0.4, -0.2) is 23.5 Å². The lowest BCUT2D eigenvalue weighted by Gasteiger charge is -2.25. The van der Waals surface area contributed by atoms with E-state index in [-0.39, 0.29) is 12.1 Å². The Labute approximate surface area is 103 Å². The van der Waals surface area contributed by atoms with Gasteiger partial charge in [0.15, 0.2) is 0 Å². The molecule has 0 aromatic heterocycles. The molecule has 1 aromatic carbocycles. The second kappa shape index (κ2) is 5.12. The molecule has 6 heteroatoms. The summed E-state index contributed by atoms with van der Waals surface area (Å²) in [6.07, 6.45) is 0. The Morgan fingerprint density at radius 1 is 1.33 bits per heavy atom. The Balaban J connectivity index is 2.89. The van der Waals surface area contributed by atoms with Gasteiger partial charge in [0.25, 0.3) is 0 Å². The van der Waals surface area contributed by atoms with Crippen LogP contribution in [0.4, 0.5) is 8.78 Å². The van der Waals surface area contributed by atoms with Gasteiger partial charge in [0.1, 0.15) is 11.6 Å². The van der Waals surface area contributed by atoms with Gasteiger partial charge in [-0.25, -0.2) is 13.6 Å². The van der Waals surface area contributed by atoms with Gasteiger partial charge in [0, 0.05) is 12.0 Å². The fourth-order valence-corrected chi connectivity index (χ4v) is 1.49. The maximum Gasteiger partial charge on any atom is 0.394 e. The van der Waals surface area contributed by atoms with E-state index in [4.69, 9.17) is 5.11 Å². The number of hydrogen-bond acceptors (Lipinski definition) is 2. The van der Waals surface area contributed by atoms with Gasteiger partial charge in [-0.15, -0.1) is 0 Å². The van der Waals surface area contributed by atoms with Crippen molar-refractivity contribution >= 4 is 11.9 Å². The number of rotatable bonds is 3. The van der Waals surface area contributed by atoms with Crippen LogP contribution in [-0.2, 0) is 15.0 Å². The lowest BCUT2D eigenvalue weighted by atomic mass is 9.84. The molecule has 0 atom stereocenters. The minimum Gasteiger partial charge on any atom is -0.474 e. The van der Waals surface area contributed by atoms with Crippen LogP contribution in [0.25, 0.3) is 0 Å². The summed E-state index contributed by atoms with van der Waals surface area (Å²) in [4.78, 5) is 21.2. The van der Waals surface area contributed by atoms with Crippen LogP contribution < -0.4 is 5.32 Å². The molecule has 0 heterocycles. The zero-order chi connectivity index (χ0) is 13.9. The van der Waals surface area contributed by atoms with Crippen molar-refractivity contribution in [1.29, 1.82) is 0 Å². The molecule has 1 aromatic rings. The van der Waals surface area contributed by atoms with Gasteiger partial charge in [-0.3, -0.25) is 4.79 Å². The Hall–Kier alpha value is -1.98. The number of carboxylic acid groups (broad SMARTS) is 1. The van der Waals surface area contributed by atoms with E-state index >= 15 is 0 Å². The molecule has 0 saturated heterocycles. The zero-order valence-corrected chi connectivity index (χ0v) is 9.96. The smallest absolute Gasteiger partial charge is 0.394 e. The van der Waals surface area contributed by atoms with Crippen LogP contribution in [0.2, 0.25) is 0 Å². The summed E-state index contributed by atoms with van der Waals surface area (Å²) in [5.74, 6) is -4.00. The number of halogens is 2. The minimum absolute atomic E-state index is 0.0770. The molecule has 1 amide bonds. The highest BCUT2D eigenvalue weighted by atomic mass is 19.1. The van der Waals surface area contributed by atoms with Gasteiger partial charge < -0.3 is 10.4 Å². The summed E-state index contributed by atoms with van der Waals surface area (Å²) in [6, 6.07) is 3.01. The van der Waals surface area contributed by atoms with Gasteiger partial charge >= 0.3 is 11.9 Å². The fraction of sp³-hybridized carbons (Fsp3) is 0.333. The molecule has 0 bridgehead atoms. The van der Waals surface area contributed by atoms with Crippen molar-refractivity contribution in [2.75, 3.05) is 6.54 Å². The van der Waals surface area contributed by atoms with Crippen LogP contribution in [0.15, 0.2) is 18.2 Å². The highest BCUT2D eigenvalue weighted by Crippen LogP contribution is 2.25. The average Bonchev–Trinajstić information content (AvgIpc) is 2.29. The second-order valence-corrected chi connectivity index (χ2v) is 4.50. The van der Waals surface area contributed by atoms with E-state index in [1.807, 2.05) is 0 Å². The van der Waals surface area contributed by atoms with E-state index in [0.717, 1.165) is 18.2 Å². The second-order valence-electron chi connectivity index (χ2n) is 4.50. The first kappa shape index (κ1) is 14.1. The Morgan fingerprint density at radius 2 is 1.94 bits per heavy atom. The number of amides is 1. The number of carbonyl (C=O) groups is 2. The Kier molecular flexibility index (Phi) is 4.00. The summed E-state index contributed by atoms with van der Waals surface area (Å²) in [7, 11) is 0. The molecule has 0 fully saturated rings. The maximum absolute atomic E-state index is 13.6. The lowest BCUT2D eigenvalue weighted by molar-refractivity contribution is -0.150. The molecular formula is C12H13F2NO3. The predicted molar refractivity (Wildman–Crippen MR) is 60.0 cm³/mol. The van der Waals surface area contributed by atoms with E-state index in [1.165, 1.54) is 0 Å². The highest BCUT2D eigenvalue weighted by molar-refractivity contribution is 6.31. The third-order valence-electron chi connectivity index (χ3n) is 2.54. The number of carbonyl (C=O) groups excluding carboxylic acids is 1. The van der Waals surface area contributed by atoms with Crippen LogP contribution in [0, 0.1) is 11.6 Å². The number of aliphatic carboxylic acids is 1. The molecule has 0 spiro atoms. The van der Waals surface area contributed by atoms with Crippen LogP contribution in [0.5, 0.6) is 0 Å². The maximum atomic E-state index is 13.6. The van der Waals surface area contributed by atoms with Crippen LogP contribution >= 0.6 is 0 Å². The molecule has 98 valence electrons. The minimum atomic E-state index is -1.62. The van der Waals surface area contributed by atoms with Gasteiger partial charge in [-0.2, -0.15) is 0 Å². The first-order valence-electron chi connectivity index (χ1n) is 5.20. The number of hydrogen-bond donors (Lipinski definition) is 2. The van der Waals surface area contributed by atoms with Crippen molar-refractivity contribution in [3.8, 4) is 0 Å². The van der Waals surface area contributed by atoms with E-state index < -0.39 is 28.9 Å². The lowest BCUT2D eigenvalue weighted by Crippen LogP contribution is -2.40. The first-order valence-corrected chi connectivity index (χ1v) is 5.20. The quantitative estimate of drug-likeness (QED) is 0.805. The van der Waals surface area contributed by atoms with Crippen molar-refractivity contribution in [2.45, 2.75) is 19.3 Å². The van der Waals surface area contributed by atoms with Gasteiger partial charge in [0.05, 0.1) is 0 Å². The van der Waals surface area contributed by atoms with E-state index in [2.05, 4.69) is 5.32 Å². The zero-order valence-electron chi connectivity index (χ0n) is 9.96. The normalized spacial score (nSPS) is 11.1. The van der Waals surface area contributed by atoms with Crippen molar-refractivity contribution in [3.05, 3.63) is 35.4 Å². The van der Waals surface area contributed by atoms with Gasteiger partial charge in [-0.1, -0.05) is 13.8 Å². The largest absolute Gasteiger partial charge is 0.474 e. The summed E-state index contributed by atoms with van der Waals surface area (Å²) < 4.78 is 26.6. The van der Waals surface area contributed by atoms with Crippen LogP contribution in [0.1, 0.15) is 19.4 Å². The Bertz CT molecular complexity index is 486. The van der Waals surface area contributed by atoms with Crippen molar-refractivity contribution in [3.63, 3.8) is 0 Å². The van der Waals surface area contributed by atoms with Gasteiger partial charge in [-0.05, 0) is 23.8 Å². The molecule has 18 heavy (non-hydrogen) atoms. The molecule has 0 unspecified atom stereocenters. The fourth-order valence-electron chi connectivity index (χ4n) is 1.49. The molecule has 4 nitrogen and oxygen atoms in total. The van der Waals surface area contributed by atoms with E-state index in [0.29, 0.717) is 0 Å². The van der Waals surface area contributed by atoms with Crippen molar-refractivity contribution in [2.24, 2.45) is 0 Å². The first-order chi connectivity index (χ1) is 8.24. The number of benzene rings is 1. The number of carboxylic acids is 1. The van der Waals surface area contributed by atoms with Crippen LogP contribution in [0.3, 0.4) is 0 Å².